The summed E-state index contributed by atoms with van der Waals surface area (Å²) in [5.74, 6) is 0.776. The molecule has 0 saturated heterocycles. The number of rotatable bonds is 5. The maximum Gasteiger partial charge on any atom is 0.308 e. The Balaban J connectivity index is 2.02. The van der Waals surface area contributed by atoms with E-state index in [0.29, 0.717) is 17.4 Å². The van der Waals surface area contributed by atoms with Crippen LogP contribution in [0.5, 0.6) is 11.5 Å². The second kappa shape index (κ2) is 9.07. The summed E-state index contributed by atoms with van der Waals surface area (Å²) < 4.78 is 10.6. The predicted molar refractivity (Wildman–Crippen MR) is 127 cm³/mol. The van der Waals surface area contributed by atoms with E-state index in [9.17, 15) is 9.59 Å². The van der Waals surface area contributed by atoms with Crippen LogP contribution in [-0.4, -0.2) is 18.1 Å². The van der Waals surface area contributed by atoms with Crippen LogP contribution in [-0.2, 0) is 9.59 Å². The molecule has 0 spiro atoms. The minimum Gasteiger partial charge on any atom is -0.427 e. The molecule has 0 saturated carbocycles. The number of hydrogen-bond acceptors (Lipinski definition) is 6. The molecule has 3 rings (SSSR count). The molecule has 0 bridgehead atoms. The van der Waals surface area contributed by atoms with Crippen molar-refractivity contribution >= 4 is 23.3 Å². The lowest BCUT2D eigenvalue weighted by Crippen LogP contribution is -2.44. The normalized spacial score (nSPS) is 13.8. The van der Waals surface area contributed by atoms with Gasteiger partial charge in [-0.05, 0) is 80.1 Å². The molecule has 0 radical (unpaired) electrons. The molecule has 6 nitrogen and oxygen atoms in total. The molecule has 0 N–H and O–H groups in total. The van der Waals surface area contributed by atoms with Gasteiger partial charge in [-0.15, -0.1) is 0 Å². The molecule has 170 valence electrons. The number of carbonyl (C=O) groups excluding carboxylic acids is 2. The monoisotopic (exact) mass is 436 g/mol. The third kappa shape index (κ3) is 4.64. The zero-order valence-electron chi connectivity index (χ0n) is 20.1. The summed E-state index contributed by atoms with van der Waals surface area (Å²) in [5, 5.41) is 0. The summed E-state index contributed by atoms with van der Waals surface area (Å²) in [7, 11) is 0. The fraction of sp³-hybridized carbons (Fsp3) is 0.385. The highest BCUT2D eigenvalue weighted by molar-refractivity contribution is 5.74. The Labute approximate surface area is 190 Å². The summed E-state index contributed by atoms with van der Waals surface area (Å²) in [6, 6.07) is 7.62. The van der Waals surface area contributed by atoms with Gasteiger partial charge in [0.25, 0.3) is 0 Å². The Morgan fingerprint density at radius 2 is 1.03 bits per heavy atom. The second-order valence-corrected chi connectivity index (χ2v) is 8.77. The van der Waals surface area contributed by atoms with Gasteiger partial charge in [-0.1, -0.05) is 13.8 Å². The van der Waals surface area contributed by atoms with E-state index in [4.69, 9.17) is 9.47 Å². The quantitative estimate of drug-likeness (QED) is 0.452. The molecule has 1 aliphatic heterocycles. The average Bonchev–Trinajstić information content (AvgIpc) is 3.03. The van der Waals surface area contributed by atoms with Crippen LogP contribution in [0.25, 0.3) is 0 Å². The van der Waals surface area contributed by atoms with Crippen LogP contribution in [0.2, 0.25) is 0 Å². The van der Waals surface area contributed by atoms with E-state index < -0.39 is 0 Å². The van der Waals surface area contributed by atoms with Gasteiger partial charge in [-0.2, -0.15) is 0 Å². The minimum absolute atomic E-state index is 0.0592. The van der Waals surface area contributed by atoms with Crippen molar-refractivity contribution in [3.8, 4) is 11.5 Å². The van der Waals surface area contributed by atoms with Crippen molar-refractivity contribution in [2.24, 2.45) is 5.92 Å². The summed E-state index contributed by atoms with van der Waals surface area (Å²) >= 11 is 0. The maximum absolute atomic E-state index is 11.4. The largest absolute Gasteiger partial charge is 0.427 e. The maximum atomic E-state index is 11.4. The number of anilines is 2. The van der Waals surface area contributed by atoms with Crippen LogP contribution in [0.4, 0.5) is 11.4 Å². The van der Waals surface area contributed by atoms with Gasteiger partial charge in [0.05, 0.1) is 0 Å². The van der Waals surface area contributed by atoms with Gasteiger partial charge in [-0.25, -0.2) is 0 Å². The van der Waals surface area contributed by atoms with Crippen molar-refractivity contribution in [2.75, 3.05) is 9.80 Å². The smallest absolute Gasteiger partial charge is 0.308 e. The first-order valence-electron chi connectivity index (χ1n) is 10.8. The lowest BCUT2D eigenvalue weighted by Gasteiger charge is -2.38. The Bertz CT molecular complexity index is 960. The molecule has 0 fully saturated rings. The molecular formula is C26H32N2O4. The fourth-order valence-corrected chi connectivity index (χ4v) is 4.61. The summed E-state index contributed by atoms with van der Waals surface area (Å²) in [6.45, 7) is 15.4. The highest BCUT2D eigenvalue weighted by Gasteiger charge is 2.34. The van der Waals surface area contributed by atoms with Crippen molar-refractivity contribution in [2.45, 2.75) is 61.6 Å². The molecule has 1 aliphatic rings. The molecular weight excluding hydrogens is 404 g/mol. The molecule has 0 unspecified atom stereocenters. The Hall–Kier alpha value is -3.28. The van der Waals surface area contributed by atoms with E-state index in [0.717, 1.165) is 33.6 Å². The molecule has 2 aromatic rings. The van der Waals surface area contributed by atoms with Crippen molar-refractivity contribution in [1.82, 2.24) is 0 Å². The number of esters is 2. The number of nitrogens with zero attached hydrogens (tertiary/aromatic N) is 2. The Kier molecular flexibility index (Phi) is 6.63. The van der Waals surface area contributed by atoms with E-state index in [2.05, 4.69) is 36.0 Å². The van der Waals surface area contributed by atoms with Gasteiger partial charge in [0, 0.05) is 37.6 Å². The van der Waals surface area contributed by atoms with Gasteiger partial charge in [0.2, 0.25) is 0 Å². The van der Waals surface area contributed by atoms with Gasteiger partial charge in [-0.3, -0.25) is 9.59 Å². The van der Waals surface area contributed by atoms with Gasteiger partial charge in [0.15, 0.2) is 0 Å². The molecule has 0 aliphatic carbocycles. The molecule has 0 atom stereocenters. The Morgan fingerprint density at radius 3 is 1.28 bits per heavy atom. The zero-order chi connectivity index (χ0) is 23.7. The van der Waals surface area contributed by atoms with Crippen molar-refractivity contribution < 1.29 is 19.1 Å². The van der Waals surface area contributed by atoms with Gasteiger partial charge >= 0.3 is 11.9 Å². The van der Waals surface area contributed by atoms with Crippen LogP contribution in [0.15, 0.2) is 36.7 Å². The van der Waals surface area contributed by atoms with E-state index in [-0.39, 0.29) is 18.1 Å². The Morgan fingerprint density at radius 1 is 0.719 bits per heavy atom. The van der Waals surface area contributed by atoms with E-state index in [1.54, 1.807) is 0 Å². The van der Waals surface area contributed by atoms with Crippen LogP contribution >= 0.6 is 0 Å². The molecule has 32 heavy (non-hydrogen) atoms. The van der Waals surface area contributed by atoms with E-state index in [1.807, 2.05) is 52.0 Å². The molecule has 1 heterocycles. The first-order chi connectivity index (χ1) is 15.0. The fourth-order valence-electron chi connectivity index (χ4n) is 4.61. The minimum atomic E-state index is -0.327. The molecule has 0 aromatic heterocycles. The third-order valence-corrected chi connectivity index (χ3v) is 5.52. The first kappa shape index (κ1) is 23.4. The molecule has 6 heteroatoms. The number of carbonyl (C=O) groups is 2. The predicted octanol–water partition coefficient (Wildman–Crippen LogP) is 5.55. The first-order valence-corrected chi connectivity index (χ1v) is 10.8. The summed E-state index contributed by atoms with van der Waals surface area (Å²) in [6.07, 6.45) is 4.26. The van der Waals surface area contributed by atoms with Crippen LogP contribution in [0, 0.1) is 33.6 Å². The highest BCUT2D eigenvalue weighted by Crippen LogP contribution is 2.40. The molecule has 2 aromatic carbocycles. The van der Waals surface area contributed by atoms with Gasteiger partial charge in [0.1, 0.15) is 17.7 Å². The number of ether oxygens (including phenoxy) is 2. The topological polar surface area (TPSA) is 59.1 Å². The standard InChI is InChI=1S/C26H32N2O4/c1-15(2)26-27(24-16(3)11-22(12-17(24)4)31-20(7)29)9-10-28(26)25-18(5)13-23(14-19(25)6)32-21(8)30/h9-15,26H,1-8H3. The number of benzene rings is 2. The van der Waals surface area contributed by atoms with E-state index in [1.165, 1.54) is 13.8 Å². The van der Waals surface area contributed by atoms with Crippen LogP contribution in [0.1, 0.15) is 49.9 Å². The number of aryl methyl sites for hydroxylation is 4. The SMILES string of the molecule is CC(=O)Oc1cc(C)c(N2C=CN(c3c(C)cc(OC(C)=O)cc3C)C2C(C)C)c(C)c1. The van der Waals surface area contributed by atoms with Crippen molar-refractivity contribution in [1.29, 1.82) is 0 Å². The second-order valence-electron chi connectivity index (χ2n) is 8.77. The number of hydrogen-bond donors (Lipinski definition) is 0. The zero-order valence-corrected chi connectivity index (χ0v) is 20.1. The third-order valence-electron chi connectivity index (χ3n) is 5.52. The van der Waals surface area contributed by atoms with Gasteiger partial charge < -0.3 is 19.3 Å². The molecule has 0 amide bonds. The van der Waals surface area contributed by atoms with Crippen LogP contribution in [0.3, 0.4) is 0 Å². The highest BCUT2D eigenvalue weighted by atomic mass is 16.5. The summed E-state index contributed by atoms with van der Waals surface area (Å²) in [4.78, 5) is 27.3. The van der Waals surface area contributed by atoms with Crippen LogP contribution < -0.4 is 19.3 Å². The van der Waals surface area contributed by atoms with Crippen molar-refractivity contribution in [3.63, 3.8) is 0 Å². The average molecular weight is 437 g/mol. The van der Waals surface area contributed by atoms with E-state index >= 15 is 0 Å². The summed E-state index contributed by atoms with van der Waals surface area (Å²) in [5.41, 5.74) is 6.36. The lowest BCUT2D eigenvalue weighted by atomic mass is 10.0. The lowest BCUT2D eigenvalue weighted by molar-refractivity contribution is -0.132. The van der Waals surface area contributed by atoms with Crippen molar-refractivity contribution in [3.05, 3.63) is 58.9 Å².